The highest BCUT2D eigenvalue weighted by Crippen LogP contribution is 2.47. The number of nitrogens with zero attached hydrogens (tertiary/aromatic N) is 4. The van der Waals surface area contributed by atoms with Gasteiger partial charge in [-0.2, -0.15) is 0 Å². The molecule has 0 bridgehead atoms. The molecular weight excluding hydrogens is 544 g/mol. The molecule has 1 atom stereocenters. The minimum atomic E-state index is -0.420. The zero-order valence-electron chi connectivity index (χ0n) is 25.9. The Morgan fingerprint density at radius 2 is 1.77 bits per heavy atom. The van der Waals surface area contributed by atoms with Crippen LogP contribution in [0.5, 0.6) is 0 Å². The molecule has 9 nitrogen and oxygen atoms in total. The molecule has 2 aliphatic carbocycles. The predicted octanol–water partition coefficient (Wildman–Crippen LogP) is 6.58. The van der Waals surface area contributed by atoms with Crippen molar-refractivity contribution in [3.05, 3.63) is 70.2 Å². The number of rotatable bonds is 6. The van der Waals surface area contributed by atoms with Crippen LogP contribution in [0, 0.1) is 5.92 Å². The fourth-order valence-electron chi connectivity index (χ4n) is 6.00. The van der Waals surface area contributed by atoms with E-state index in [2.05, 4.69) is 11.6 Å². The lowest BCUT2D eigenvalue weighted by atomic mass is 9.83. The van der Waals surface area contributed by atoms with Gasteiger partial charge in [0.2, 0.25) is 5.95 Å². The normalized spacial score (nSPS) is 17.7. The van der Waals surface area contributed by atoms with E-state index in [0.717, 1.165) is 42.5 Å². The standard InChI is InChI=1S/C30H30N4O5.2C2H6/c1-3-26(37)34(21-8-9-22-24(36)16-27(39-25(22)15-21)33-10-12-38-13-11-33)30-31-17-20-14-23(18(2)35)28(29(20)32-30)19-6-4-5-7-19;2*1-2/h3,8-9,14-17,19,28H,1,4-7,10-13H2,2H3;2*1-2H3. The maximum absolute atomic E-state index is 13.2. The van der Waals surface area contributed by atoms with Gasteiger partial charge in [0.05, 0.1) is 30.0 Å². The van der Waals surface area contributed by atoms with Gasteiger partial charge in [0.1, 0.15) is 5.58 Å². The number of hydrogen-bond acceptors (Lipinski definition) is 8. The van der Waals surface area contributed by atoms with E-state index in [1.807, 2.05) is 38.7 Å². The number of morpholine rings is 1. The number of Topliss-reactive ketones (excluding diaryl/α,β-unsaturated/α-hetero) is 1. The number of hydrogen-bond donors (Lipinski definition) is 0. The highest BCUT2D eigenvalue weighted by Gasteiger charge is 2.38. The largest absolute Gasteiger partial charge is 0.440 e. The van der Waals surface area contributed by atoms with E-state index in [9.17, 15) is 14.4 Å². The maximum atomic E-state index is 13.2. The SMILES string of the molecule is C=CC(=O)N(c1ccc2c(=O)cc(N3CCOCC3)oc2c1)c1ncc2c(n1)C(C1CCCC1)C(C(C)=O)=C2.CC.CC. The molecule has 1 amide bonds. The lowest BCUT2D eigenvalue weighted by Crippen LogP contribution is -2.36. The highest BCUT2D eigenvalue weighted by molar-refractivity contribution is 6.06. The molecule has 43 heavy (non-hydrogen) atoms. The van der Waals surface area contributed by atoms with Crippen LogP contribution in [0.3, 0.4) is 0 Å². The molecule has 1 saturated heterocycles. The van der Waals surface area contributed by atoms with E-state index in [1.165, 1.54) is 17.0 Å². The molecule has 6 rings (SSSR count). The van der Waals surface area contributed by atoms with Crippen LogP contribution < -0.4 is 15.2 Å². The summed E-state index contributed by atoms with van der Waals surface area (Å²) in [5, 5.41) is 0.410. The van der Waals surface area contributed by atoms with Crippen LogP contribution >= 0.6 is 0 Å². The summed E-state index contributed by atoms with van der Waals surface area (Å²) in [4.78, 5) is 51.3. The molecule has 228 valence electrons. The van der Waals surface area contributed by atoms with Gasteiger partial charge < -0.3 is 14.1 Å². The van der Waals surface area contributed by atoms with Gasteiger partial charge in [-0.3, -0.25) is 14.4 Å². The summed E-state index contributed by atoms with van der Waals surface area (Å²) in [6, 6.07) is 6.48. The van der Waals surface area contributed by atoms with E-state index in [4.69, 9.17) is 14.1 Å². The van der Waals surface area contributed by atoms with Gasteiger partial charge in [-0.05, 0) is 50.0 Å². The number of carbonyl (C=O) groups is 2. The number of aromatic nitrogens is 2. The molecule has 0 radical (unpaired) electrons. The van der Waals surface area contributed by atoms with Crippen molar-refractivity contribution in [2.24, 2.45) is 5.92 Å². The number of fused-ring (bicyclic) bond motifs is 2. The lowest BCUT2D eigenvalue weighted by Gasteiger charge is -2.27. The van der Waals surface area contributed by atoms with Crippen molar-refractivity contribution >= 4 is 46.3 Å². The van der Waals surface area contributed by atoms with Crippen molar-refractivity contribution in [1.82, 2.24) is 9.97 Å². The first-order valence-corrected chi connectivity index (χ1v) is 15.4. The lowest BCUT2D eigenvalue weighted by molar-refractivity contribution is -0.114. The van der Waals surface area contributed by atoms with Crippen LogP contribution in [-0.2, 0) is 14.3 Å². The second kappa shape index (κ2) is 14.4. The Bertz CT molecular complexity index is 1560. The van der Waals surface area contributed by atoms with Gasteiger partial charge >= 0.3 is 0 Å². The molecule has 3 heterocycles. The topological polar surface area (TPSA) is 106 Å². The molecule has 1 unspecified atom stereocenters. The van der Waals surface area contributed by atoms with E-state index >= 15 is 0 Å². The summed E-state index contributed by atoms with van der Waals surface area (Å²) >= 11 is 0. The first-order valence-electron chi connectivity index (χ1n) is 15.4. The Labute approximate surface area is 253 Å². The van der Waals surface area contributed by atoms with Crippen molar-refractivity contribution in [3.63, 3.8) is 0 Å². The Morgan fingerprint density at radius 1 is 1.07 bits per heavy atom. The van der Waals surface area contributed by atoms with Crippen LogP contribution in [0.2, 0.25) is 0 Å². The van der Waals surface area contributed by atoms with Crippen LogP contribution in [0.4, 0.5) is 17.5 Å². The maximum Gasteiger partial charge on any atom is 0.257 e. The average molecular weight is 587 g/mol. The van der Waals surface area contributed by atoms with Crippen molar-refractivity contribution in [2.45, 2.75) is 66.2 Å². The number of ketones is 1. The van der Waals surface area contributed by atoms with Crippen molar-refractivity contribution < 1.29 is 18.7 Å². The molecule has 0 spiro atoms. The Hall–Kier alpha value is -4.11. The van der Waals surface area contributed by atoms with Crippen molar-refractivity contribution in [1.29, 1.82) is 0 Å². The average Bonchev–Trinajstić information content (AvgIpc) is 3.71. The van der Waals surface area contributed by atoms with Gasteiger partial charge in [-0.1, -0.05) is 47.1 Å². The third-order valence-corrected chi connectivity index (χ3v) is 7.93. The smallest absolute Gasteiger partial charge is 0.257 e. The molecule has 1 aromatic carbocycles. The molecule has 2 fully saturated rings. The Kier molecular flexibility index (Phi) is 10.6. The third-order valence-electron chi connectivity index (χ3n) is 7.93. The summed E-state index contributed by atoms with van der Waals surface area (Å²) in [6.07, 6.45) is 9.12. The molecule has 3 aromatic rings. The molecule has 0 N–H and O–H groups in total. The summed E-state index contributed by atoms with van der Waals surface area (Å²) in [6.45, 7) is 15.6. The summed E-state index contributed by atoms with van der Waals surface area (Å²) in [7, 11) is 0. The fourth-order valence-corrected chi connectivity index (χ4v) is 6.00. The van der Waals surface area contributed by atoms with Crippen molar-refractivity contribution in [3.8, 4) is 0 Å². The molecule has 3 aliphatic rings. The van der Waals surface area contributed by atoms with E-state index in [-0.39, 0.29) is 23.1 Å². The number of anilines is 3. The fraction of sp³-hybridized carbons (Fsp3) is 0.441. The molecular formula is C34H42N4O5. The number of carbonyl (C=O) groups excluding carboxylic acids is 2. The van der Waals surface area contributed by atoms with E-state index in [1.54, 1.807) is 31.3 Å². The third kappa shape index (κ3) is 6.46. The predicted molar refractivity (Wildman–Crippen MR) is 171 cm³/mol. The number of ether oxygens (including phenoxy) is 1. The quantitative estimate of drug-likeness (QED) is 0.298. The first-order chi connectivity index (χ1) is 20.9. The Balaban J connectivity index is 0.00000102. The minimum Gasteiger partial charge on any atom is -0.440 e. The van der Waals surface area contributed by atoms with Crippen molar-refractivity contribution in [2.75, 3.05) is 36.1 Å². The van der Waals surface area contributed by atoms with E-state index in [0.29, 0.717) is 54.8 Å². The summed E-state index contributed by atoms with van der Waals surface area (Å²) < 4.78 is 11.6. The first kappa shape index (κ1) is 31.8. The van der Waals surface area contributed by atoms with Crippen LogP contribution in [-0.4, -0.2) is 48.0 Å². The number of benzene rings is 1. The monoisotopic (exact) mass is 586 g/mol. The van der Waals surface area contributed by atoms with Gasteiger partial charge in [0.15, 0.2) is 17.1 Å². The van der Waals surface area contributed by atoms with Crippen LogP contribution in [0.25, 0.3) is 17.0 Å². The summed E-state index contributed by atoms with van der Waals surface area (Å²) in [5.74, 6) is 0.494. The second-order valence-electron chi connectivity index (χ2n) is 10.3. The van der Waals surface area contributed by atoms with Crippen LogP contribution in [0.1, 0.15) is 77.5 Å². The van der Waals surface area contributed by atoms with Crippen LogP contribution in [0.15, 0.2) is 57.9 Å². The Morgan fingerprint density at radius 3 is 2.42 bits per heavy atom. The highest BCUT2D eigenvalue weighted by atomic mass is 16.5. The van der Waals surface area contributed by atoms with Gasteiger partial charge in [0.25, 0.3) is 5.91 Å². The molecule has 1 saturated carbocycles. The second-order valence-corrected chi connectivity index (χ2v) is 10.3. The molecule has 9 heteroatoms. The van der Waals surface area contributed by atoms with Gasteiger partial charge in [0, 0.05) is 48.5 Å². The summed E-state index contributed by atoms with van der Waals surface area (Å²) in [5.41, 5.74) is 2.99. The zero-order chi connectivity index (χ0) is 31.1. The molecule has 1 aliphatic heterocycles. The number of amides is 1. The van der Waals surface area contributed by atoms with E-state index < -0.39 is 5.91 Å². The zero-order valence-corrected chi connectivity index (χ0v) is 25.9. The number of allylic oxidation sites excluding steroid dienone is 1. The molecule has 2 aromatic heterocycles. The van der Waals surface area contributed by atoms with Gasteiger partial charge in [-0.15, -0.1) is 0 Å². The minimum absolute atomic E-state index is 0.0334. The van der Waals surface area contributed by atoms with Gasteiger partial charge in [-0.25, -0.2) is 14.9 Å².